The number of rotatable bonds is 3. The summed E-state index contributed by atoms with van der Waals surface area (Å²) < 4.78 is 5.17. The van der Waals surface area contributed by atoms with Crippen LogP contribution in [0.1, 0.15) is 0 Å². The van der Waals surface area contributed by atoms with Crippen LogP contribution in [0.4, 0.5) is 5.69 Å². The molecule has 1 fully saturated rings. The fraction of sp³-hybridized carbons (Fsp3) is 0.417. The molecule has 1 heterocycles. The minimum Gasteiger partial charge on any atom is -0.497 e. The van der Waals surface area contributed by atoms with E-state index in [0.29, 0.717) is 13.1 Å². The summed E-state index contributed by atoms with van der Waals surface area (Å²) in [5.41, 5.74) is 6.58. The van der Waals surface area contributed by atoms with Gasteiger partial charge < -0.3 is 20.7 Å². The molecule has 1 atom stereocenters. The molecule has 92 valence electrons. The highest BCUT2D eigenvalue weighted by atomic mass is 16.5. The normalized spacial score (nSPS) is 20.0. The zero-order valence-corrected chi connectivity index (χ0v) is 9.85. The molecule has 1 aliphatic rings. The summed E-state index contributed by atoms with van der Waals surface area (Å²) in [6.45, 7) is 1.55. The van der Waals surface area contributed by atoms with E-state index in [9.17, 15) is 4.79 Å². The Kier molecular flexibility index (Phi) is 3.49. The molecule has 17 heavy (non-hydrogen) atoms. The van der Waals surface area contributed by atoms with Gasteiger partial charge >= 0.3 is 0 Å². The Morgan fingerprint density at radius 1 is 1.59 bits per heavy atom. The van der Waals surface area contributed by atoms with E-state index in [1.807, 2.05) is 29.2 Å². The van der Waals surface area contributed by atoms with Crippen LogP contribution in [0.15, 0.2) is 24.3 Å². The quantitative estimate of drug-likeness (QED) is 0.771. The average Bonchev–Trinajstić information content (AvgIpc) is 2.38. The molecule has 5 nitrogen and oxygen atoms in total. The van der Waals surface area contributed by atoms with Crippen molar-refractivity contribution >= 4 is 11.6 Å². The summed E-state index contributed by atoms with van der Waals surface area (Å²) in [5.74, 6) is 0.798. The second-order valence-electron chi connectivity index (χ2n) is 4.08. The molecule has 0 spiro atoms. The first-order valence-corrected chi connectivity index (χ1v) is 5.61. The minimum atomic E-state index is 0.00881. The molecule has 1 aromatic rings. The number of nitrogens with two attached hydrogens (primary N) is 1. The lowest BCUT2D eigenvalue weighted by Crippen LogP contribution is -2.56. The van der Waals surface area contributed by atoms with Crippen molar-refractivity contribution < 1.29 is 9.53 Å². The lowest BCUT2D eigenvalue weighted by atomic mass is 10.1. The smallest absolute Gasteiger partial charge is 0.239 e. The third-order valence-electron chi connectivity index (χ3n) is 2.84. The number of benzene rings is 1. The number of amides is 1. The highest BCUT2D eigenvalue weighted by molar-refractivity contribution is 5.83. The standard InChI is InChI=1S/C12H17N3O2/c1-17-11-4-2-3-10(5-11)15-7-9(6-13)14-12(16)8-15/h2-5,9H,6-8,13H2,1H3,(H,14,16). The molecule has 1 saturated heterocycles. The van der Waals surface area contributed by atoms with Gasteiger partial charge in [-0.1, -0.05) is 6.07 Å². The molecular weight excluding hydrogens is 218 g/mol. The first-order chi connectivity index (χ1) is 8.22. The van der Waals surface area contributed by atoms with Crippen LogP contribution in [0.3, 0.4) is 0 Å². The molecule has 1 unspecified atom stereocenters. The maximum atomic E-state index is 11.5. The molecule has 0 saturated carbocycles. The number of hydrogen-bond acceptors (Lipinski definition) is 4. The number of ether oxygens (including phenoxy) is 1. The van der Waals surface area contributed by atoms with Crippen molar-refractivity contribution in [2.45, 2.75) is 6.04 Å². The summed E-state index contributed by atoms with van der Waals surface area (Å²) in [5, 5.41) is 2.86. The van der Waals surface area contributed by atoms with Gasteiger partial charge in [0.2, 0.25) is 5.91 Å². The van der Waals surface area contributed by atoms with E-state index >= 15 is 0 Å². The fourth-order valence-electron chi connectivity index (χ4n) is 1.96. The number of nitrogens with one attached hydrogen (secondary N) is 1. The van der Waals surface area contributed by atoms with Gasteiger partial charge in [0.15, 0.2) is 0 Å². The minimum absolute atomic E-state index is 0.00881. The maximum absolute atomic E-state index is 11.5. The van der Waals surface area contributed by atoms with Crippen molar-refractivity contribution in [3.05, 3.63) is 24.3 Å². The van der Waals surface area contributed by atoms with E-state index in [0.717, 1.165) is 18.0 Å². The molecule has 0 aliphatic carbocycles. The second-order valence-corrected chi connectivity index (χ2v) is 4.08. The molecule has 0 bridgehead atoms. The van der Waals surface area contributed by atoms with Crippen molar-refractivity contribution in [2.75, 3.05) is 31.6 Å². The van der Waals surface area contributed by atoms with E-state index in [2.05, 4.69) is 5.32 Å². The van der Waals surface area contributed by atoms with Crippen LogP contribution in [0.2, 0.25) is 0 Å². The highest BCUT2D eigenvalue weighted by Crippen LogP contribution is 2.21. The third-order valence-corrected chi connectivity index (χ3v) is 2.84. The molecule has 1 aliphatic heterocycles. The van der Waals surface area contributed by atoms with E-state index in [4.69, 9.17) is 10.5 Å². The zero-order valence-electron chi connectivity index (χ0n) is 9.85. The van der Waals surface area contributed by atoms with Gasteiger partial charge in [0.25, 0.3) is 0 Å². The molecule has 5 heteroatoms. The number of nitrogens with zero attached hydrogens (tertiary/aromatic N) is 1. The lowest BCUT2D eigenvalue weighted by Gasteiger charge is -2.34. The first-order valence-electron chi connectivity index (χ1n) is 5.61. The number of carbonyl (C=O) groups is 1. The van der Waals surface area contributed by atoms with Gasteiger partial charge in [-0.05, 0) is 12.1 Å². The van der Waals surface area contributed by atoms with Crippen molar-refractivity contribution in [2.24, 2.45) is 5.73 Å². The molecule has 1 amide bonds. The Morgan fingerprint density at radius 3 is 3.12 bits per heavy atom. The van der Waals surface area contributed by atoms with Crippen LogP contribution in [0, 0.1) is 0 Å². The Morgan fingerprint density at radius 2 is 2.41 bits per heavy atom. The van der Waals surface area contributed by atoms with Crippen LogP contribution < -0.4 is 20.7 Å². The van der Waals surface area contributed by atoms with Gasteiger partial charge in [-0.15, -0.1) is 0 Å². The molecule has 1 aromatic carbocycles. The largest absolute Gasteiger partial charge is 0.497 e. The van der Waals surface area contributed by atoms with Crippen molar-refractivity contribution in [1.82, 2.24) is 5.32 Å². The van der Waals surface area contributed by atoms with Gasteiger partial charge in [-0.2, -0.15) is 0 Å². The summed E-state index contributed by atoms with van der Waals surface area (Å²) in [6.07, 6.45) is 0. The van der Waals surface area contributed by atoms with Crippen LogP contribution in [-0.2, 0) is 4.79 Å². The Bertz CT molecular complexity index is 408. The number of piperazine rings is 1. The SMILES string of the molecule is COc1cccc(N2CC(=O)NC(CN)C2)c1. The molecule has 3 N–H and O–H groups in total. The van der Waals surface area contributed by atoms with Crippen LogP contribution >= 0.6 is 0 Å². The summed E-state index contributed by atoms with van der Waals surface area (Å²) in [4.78, 5) is 13.5. The Hall–Kier alpha value is -1.75. The Balaban J connectivity index is 2.17. The topological polar surface area (TPSA) is 67.6 Å². The van der Waals surface area contributed by atoms with Crippen LogP contribution in [-0.4, -0.2) is 38.7 Å². The summed E-state index contributed by atoms with van der Waals surface area (Å²) >= 11 is 0. The third kappa shape index (κ3) is 2.68. The number of hydrogen-bond donors (Lipinski definition) is 2. The monoisotopic (exact) mass is 235 g/mol. The summed E-state index contributed by atoms with van der Waals surface area (Å²) in [7, 11) is 1.63. The van der Waals surface area contributed by atoms with Crippen molar-refractivity contribution in [3.8, 4) is 5.75 Å². The number of methoxy groups -OCH3 is 1. The number of carbonyl (C=O) groups excluding carboxylic acids is 1. The predicted molar refractivity (Wildman–Crippen MR) is 66.2 cm³/mol. The fourth-order valence-corrected chi connectivity index (χ4v) is 1.96. The second kappa shape index (κ2) is 5.05. The van der Waals surface area contributed by atoms with Crippen LogP contribution in [0.25, 0.3) is 0 Å². The van der Waals surface area contributed by atoms with Gasteiger partial charge in [0, 0.05) is 24.8 Å². The van der Waals surface area contributed by atoms with Crippen LogP contribution in [0.5, 0.6) is 5.75 Å². The maximum Gasteiger partial charge on any atom is 0.239 e. The Labute approximate surface area is 101 Å². The molecular formula is C12H17N3O2. The van der Waals surface area contributed by atoms with Gasteiger partial charge in [0.05, 0.1) is 19.7 Å². The van der Waals surface area contributed by atoms with E-state index in [-0.39, 0.29) is 11.9 Å². The number of anilines is 1. The molecule has 2 rings (SSSR count). The van der Waals surface area contributed by atoms with E-state index < -0.39 is 0 Å². The van der Waals surface area contributed by atoms with E-state index in [1.54, 1.807) is 7.11 Å². The summed E-state index contributed by atoms with van der Waals surface area (Å²) in [6, 6.07) is 7.70. The highest BCUT2D eigenvalue weighted by Gasteiger charge is 2.23. The van der Waals surface area contributed by atoms with Crippen molar-refractivity contribution in [1.29, 1.82) is 0 Å². The van der Waals surface area contributed by atoms with Gasteiger partial charge in [-0.3, -0.25) is 4.79 Å². The predicted octanol–water partition coefficient (Wildman–Crippen LogP) is -0.0413. The molecule has 0 aromatic heterocycles. The first kappa shape index (κ1) is 11.7. The van der Waals surface area contributed by atoms with E-state index in [1.165, 1.54) is 0 Å². The average molecular weight is 235 g/mol. The van der Waals surface area contributed by atoms with Crippen molar-refractivity contribution in [3.63, 3.8) is 0 Å². The van der Waals surface area contributed by atoms with Gasteiger partial charge in [0.1, 0.15) is 5.75 Å². The lowest BCUT2D eigenvalue weighted by molar-refractivity contribution is -0.121. The molecule has 0 radical (unpaired) electrons. The zero-order chi connectivity index (χ0) is 12.3. The van der Waals surface area contributed by atoms with Gasteiger partial charge in [-0.25, -0.2) is 0 Å².